The van der Waals surface area contributed by atoms with Crippen LogP contribution in [-0.2, 0) is 14.8 Å². The number of carbonyl (C=O) groups excluding carboxylic acids is 1. The fourth-order valence-corrected chi connectivity index (χ4v) is 5.69. The molecule has 1 fully saturated rings. The highest BCUT2D eigenvalue weighted by Crippen LogP contribution is 2.28. The van der Waals surface area contributed by atoms with Gasteiger partial charge >= 0.3 is 0 Å². The molecule has 4 rings (SSSR count). The standard InChI is InChI=1S/C31H33NO3S/c1-22(2)26-14-10-24(11-15-26)18-28-20-32(36(34,35)30-8-6-5-7-9-30)21-29(31(28)33)19-25-12-16-27(17-13-25)23(3)4/h5-19,22-23H,20-21H2,1-4H3/b28-18-,29-19+. The van der Waals surface area contributed by atoms with E-state index in [4.69, 9.17) is 0 Å². The summed E-state index contributed by atoms with van der Waals surface area (Å²) in [6.45, 7) is 8.60. The first-order chi connectivity index (χ1) is 17.1. The van der Waals surface area contributed by atoms with Gasteiger partial charge in [0, 0.05) is 24.2 Å². The monoisotopic (exact) mass is 499 g/mol. The van der Waals surface area contributed by atoms with Gasteiger partial charge in [0.1, 0.15) is 0 Å². The average Bonchev–Trinajstić information content (AvgIpc) is 2.87. The number of sulfonamides is 1. The predicted molar refractivity (Wildman–Crippen MR) is 147 cm³/mol. The van der Waals surface area contributed by atoms with Crippen LogP contribution in [-0.4, -0.2) is 31.6 Å². The largest absolute Gasteiger partial charge is 0.289 e. The van der Waals surface area contributed by atoms with Crippen LogP contribution >= 0.6 is 0 Å². The molecule has 1 aliphatic rings. The molecule has 1 saturated heterocycles. The van der Waals surface area contributed by atoms with Crippen molar-refractivity contribution in [2.45, 2.75) is 44.4 Å². The third-order valence-corrected chi connectivity index (χ3v) is 8.35. The van der Waals surface area contributed by atoms with Crippen LogP contribution in [0.25, 0.3) is 12.2 Å². The van der Waals surface area contributed by atoms with Gasteiger partial charge in [0.15, 0.2) is 5.78 Å². The highest BCUT2D eigenvalue weighted by Gasteiger charge is 2.34. The van der Waals surface area contributed by atoms with Crippen LogP contribution in [0, 0.1) is 0 Å². The fourth-order valence-electron chi connectivity index (χ4n) is 4.28. The average molecular weight is 500 g/mol. The second kappa shape index (κ2) is 10.8. The van der Waals surface area contributed by atoms with E-state index in [1.54, 1.807) is 30.3 Å². The van der Waals surface area contributed by atoms with Crippen LogP contribution in [0.2, 0.25) is 0 Å². The molecule has 1 aliphatic heterocycles. The Bertz CT molecular complexity index is 1310. The molecule has 3 aromatic carbocycles. The lowest BCUT2D eigenvalue weighted by Gasteiger charge is -2.29. The van der Waals surface area contributed by atoms with Crippen LogP contribution < -0.4 is 0 Å². The van der Waals surface area contributed by atoms with E-state index in [1.807, 2.05) is 36.4 Å². The van der Waals surface area contributed by atoms with Gasteiger partial charge < -0.3 is 0 Å². The summed E-state index contributed by atoms with van der Waals surface area (Å²) < 4.78 is 28.4. The minimum Gasteiger partial charge on any atom is -0.289 e. The minimum atomic E-state index is -3.77. The molecule has 0 amide bonds. The molecule has 0 aromatic heterocycles. The number of nitrogens with zero attached hydrogens (tertiary/aromatic N) is 1. The molecule has 1 heterocycles. The summed E-state index contributed by atoms with van der Waals surface area (Å²) >= 11 is 0. The van der Waals surface area contributed by atoms with E-state index in [2.05, 4.69) is 52.0 Å². The molecule has 0 aliphatic carbocycles. The third kappa shape index (κ3) is 5.75. The lowest BCUT2D eigenvalue weighted by molar-refractivity contribution is -0.113. The van der Waals surface area contributed by atoms with Crippen molar-refractivity contribution in [1.82, 2.24) is 4.31 Å². The SMILES string of the molecule is CC(C)c1ccc(/C=C2/CN(S(=O)(=O)c3ccccc3)C/C(=C\c3ccc(C(C)C)cc3)C2=O)cc1. The van der Waals surface area contributed by atoms with Gasteiger partial charge in [-0.1, -0.05) is 94.4 Å². The molecule has 0 spiro atoms. The van der Waals surface area contributed by atoms with Gasteiger partial charge in [0.2, 0.25) is 10.0 Å². The first-order valence-corrected chi connectivity index (χ1v) is 13.8. The number of piperidine rings is 1. The molecule has 0 N–H and O–H groups in total. The molecule has 0 bridgehead atoms. The van der Waals surface area contributed by atoms with Gasteiger partial charge in [-0.15, -0.1) is 0 Å². The van der Waals surface area contributed by atoms with Crippen LogP contribution in [0.5, 0.6) is 0 Å². The number of carbonyl (C=O) groups is 1. The second-order valence-corrected chi connectivity index (χ2v) is 11.8. The van der Waals surface area contributed by atoms with E-state index in [-0.39, 0.29) is 23.8 Å². The van der Waals surface area contributed by atoms with E-state index in [0.717, 1.165) is 11.1 Å². The molecule has 0 atom stereocenters. The smallest absolute Gasteiger partial charge is 0.243 e. The first kappa shape index (κ1) is 25.8. The maximum Gasteiger partial charge on any atom is 0.243 e. The van der Waals surface area contributed by atoms with Crippen molar-refractivity contribution in [3.8, 4) is 0 Å². The lowest BCUT2D eigenvalue weighted by atomic mass is 9.94. The highest BCUT2D eigenvalue weighted by atomic mass is 32.2. The van der Waals surface area contributed by atoms with Crippen LogP contribution in [0.15, 0.2) is 94.9 Å². The van der Waals surface area contributed by atoms with Crippen molar-refractivity contribution in [2.24, 2.45) is 0 Å². The quantitative estimate of drug-likeness (QED) is 0.356. The van der Waals surface area contributed by atoms with Gasteiger partial charge in [-0.05, 0) is 58.4 Å². The number of ketones is 1. The van der Waals surface area contributed by atoms with E-state index in [1.165, 1.54) is 15.4 Å². The maximum absolute atomic E-state index is 13.5. The predicted octanol–water partition coefficient (Wildman–Crippen LogP) is 6.67. The van der Waals surface area contributed by atoms with E-state index in [0.29, 0.717) is 23.0 Å². The van der Waals surface area contributed by atoms with Gasteiger partial charge in [-0.3, -0.25) is 4.79 Å². The Morgan fingerprint density at radius 2 is 1.08 bits per heavy atom. The Balaban J connectivity index is 1.74. The Morgan fingerprint density at radius 3 is 1.47 bits per heavy atom. The summed E-state index contributed by atoms with van der Waals surface area (Å²) in [7, 11) is -3.77. The Hall–Kier alpha value is -3.28. The van der Waals surface area contributed by atoms with Gasteiger partial charge in [-0.25, -0.2) is 8.42 Å². The van der Waals surface area contributed by atoms with Crippen molar-refractivity contribution in [1.29, 1.82) is 0 Å². The Kier molecular flexibility index (Phi) is 7.72. The number of Topliss-reactive ketones (excluding diaryl/α,β-unsaturated/α-hetero) is 1. The van der Waals surface area contributed by atoms with Gasteiger partial charge in [0.05, 0.1) is 4.90 Å². The van der Waals surface area contributed by atoms with Crippen molar-refractivity contribution in [3.63, 3.8) is 0 Å². The summed E-state index contributed by atoms with van der Waals surface area (Å²) in [6, 6.07) is 24.5. The Morgan fingerprint density at radius 1 is 0.667 bits per heavy atom. The Labute approximate surface area is 215 Å². The number of rotatable bonds is 6. The van der Waals surface area contributed by atoms with Crippen molar-refractivity contribution < 1.29 is 13.2 Å². The zero-order chi connectivity index (χ0) is 25.9. The lowest BCUT2D eigenvalue weighted by Crippen LogP contribution is -2.41. The third-order valence-electron chi connectivity index (χ3n) is 6.55. The number of benzene rings is 3. The summed E-state index contributed by atoms with van der Waals surface area (Å²) in [5.41, 5.74) is 5.10. The highest BCUT2D eigenvalue weighted by molar-refractivity contribution is 7.89. The topological polar surface area (TPSA) is 54.5 Å². The zero-order valence-corrected chi connectivity index (χ0v) is 22.1. The molecule has 4 nitrogen and oxygen atoms in total. The summed E-state index contributed by atoms with van der Waals surface area (Å²) in [5, 5.41) is 0. The van der Waals surface area contributed by atoms with Gasteiger partial charge in [-0.2, -0.15) is 4.31 Å². The summed E-state index contributed by atoms with van der Waals surface area (Å²) in [6.07, 6.45) is 3.63. The first-order valence-electron chi connectivity index (χ1n) is 12.4. The van der Waals surface area contributed by atoms with Crippen LogP contribution in [0.3, 0.4) is 0 Å². The van der Waals surface area contributed by atoms with E-state index < -0.39 is 10.0 Å². The van der Waals surface area contributed by atoms with Crippen LogP contribution in [0.1, 0.15) is 61.8 Å². The van der Waals surface area contributed by atoms with Crippen molar-refractivity contribution in [2.75, 3.05) is 13.1 Å². The zero-order valence-electron chi connectivity index (χ0n) is 21.3. The summed E-state index contributed by atoms with van der Waals surface area (Å²) in [4.78, 5) is 13.8. The molecule has 0 unspecified atom stereocenters. The molecule has 0 saturated carbocycles. The fraction of sp³-hybridized carbons (Fsp3) is 0.258. The molecule has 5 heteroatoms. The van der Waals surface area contributed by atoms with E-state index >= 15 is 0 Å². The molecule has 36 heavy (non-hydrogen) atoms. The minimum absolute atomic E-state index is 0.0334. The van der Waals surface area contributed by atoms with Gasteiger partial charge in [0.25, 0.3) is 0 Å². The maximum atomic E-state index is 13.5. The van der Waals surface area contributed by atoms with E-state index in [9.17, 15) is 13.2 Å². The molecule has 0 radical (unpaired) electrons. The molecule has 186 valence electrons. The molecular weight excluding hydrogens is 466 g/mol. The van der Waals surface area contributed by atoms with Crippen molar-refractivity contribution >= 4 is 28.0 Å². The summed E-state index contributed by atoms with van der Waals surface area (Å²) in [5.74, 6) is 0.702. The number of hydrogen-bond donors (Lipinski definition) is 0. The van der Waals surface area contributed by atoms with Crippen LogP contribution in [0.4, 0.5) is 0 Å². The second-order valence-electron chi connectivity index (χ2n) is 9.90. The normalized spacial score (nSPS) is 17.4. The van der Waals surface area contributed by atoms with Crippen molar-refractivity contribution in [3.05, 3.63) is 112 Å². The molecular formula is C31H33NO3S. The number of hydrogen-bond acceptors (Lipinski definition) is 3. The molecule has 3 aromatic rings.